The van der Waals surface area contributed by atoms with Crippen LogP contribution in [0.3, 0.4) is 0 Å². The van der Waals surface area contributed by atoms with Crippen LogP contribution >= 0.6 is 23.6 Å². The molecule has 0 aliphatic carbocycles. The lowest BCUT2D eigenvalue weighted by Gasteiger charge is -2.29. The fourth-order valence-electron chi connectivity index (χ4n) is 3.35. The van der Waals surface area contributed by atoms with Crippen LogP contribution in [0.4, 0.5) is 0 Å². The van der Waals surface area contributed by atoms with E-state index in [1.165, 1.54) is 20.9 Å². The van der Waals surface area contributed by atoms with Gasteiger partial charge in [-0.1, -0.05) is 30.3 Å². The second-order valence-electron chi connectivity index (χ2n) is 6.26. The van der Waals surface area contributed by atoms with Gasteiger partial charge in [0.25, 0.3) is 4.84 Å². The van der Waals surface area contributed by atoms with Crippen LogP contribution < -0.4 is 4.90 Å². The van der Waals surface area contributed by atoms with E-state index < -0.39 is 0 Å². The monoisotopic (exact) mass is 358 g/mol. The quantitative estimate of drug-likeness (QED) is 0.728. The third-order valence-corrected chi connectivity index (χ3v) is 6.02. The van der Waals surface area contributed by atoms with Crippen molar-refractivity contribution in [1.82, 2.24) is 9.78 Å². The molecule has 4 rings (SSSR count). The molecule has 0 radical (unpaired) electrons. The number of aromatic nitrogens is 2. The number of nitrogens with one attached hydrogen (secondary N) is 1. The van der Waals surface area contributed by atoms with E-state index in [0.29, 0.717) is 23.2 Å². The Morgan fingerprint density at radius 3 is 3.00 bits per heavy atom. The topological polar surface area (TPSA) is 35.4 Å². The number of hydrogen-bond donors (Lipinski definition) is 1. The minimum absolute atomic E-state index is 0.469. The van der Waals surface area contributed by atoms with Crippen LogP contribution in [0.5, 0.6) is 0 Å². The van der Waals surface area contributed by atoms with Gasteiger partial charge in [0.2, 0.25) is 5.89 Å². The first-order valence-electron chi connectivity index (χ1n) is 8.22. The number of fused-ring (bicyclic) bond motifs is 1. The van der Waals surface area contributed by atoms with Gasteiger partial charge in [-0.2, -0.15) is 4.68 Å². The molecule has 0 amide bonds. The Balaban J connectivity index is 1.50. The predicted octanol–water partition coefficient (Wildman–Crippen LogP) is 3.02. The van der Waals surface area contributed by atoms with Gasteiger partial charge in [0, 0.05) is 16.9 Å². The normalized spacial score (nSPS) is 20.0. The molecule has 1 N–H and O–H groups in total. The van der Waals surface area contributed by atoms with Crippen LogP contribution in [0.25, 0.3) is 0 Å². The van der Waals surface area contributed by atoms with Gasteiger partial charge < -0.3 is 9.32 Å². The number of rotatable bonds is 4. The Hall–Kier alpha value is -1.76. The highest BCUT2D eigenvalue weighted by Gasteiger charge is 2.28. The SMILES string of the molecule is C[C@@H]1c2ccsc2CC[NH+]1Cn1nc(Cc2ccccc2)oc1=S. The summed E-state index contributed by atoms with van der Waals surface area (Å²) >= 11 is 7.25. The molecule has 1 aliphatic heterocycles. The lowest BCUT2D eigenvalue weighted by atomic mass is 10.0. The zero-order valence-corrected chi connectivity index (χ0v) is 15.2. The Kier molecular flexibility index (Phi) is 4.35. The van der Waals surface area contributed by atoms with E-state index in [2.05, 4.69) is 35.6 Å². The van der Waals surface area contributed by atoms with Gasteiger partial charge in [-0.05, 0) is 36.2 Å². The van der Waals surface area contributed by atoms with Crippen molar-refractivity contribution >= 4 is 23.6 Å². The first-order valence-corrected chi connectivity index (χ1v) is 9.51. The molecule has 1 aromatic carbocycles. The lowest BCUT2D eigenvalue weighted by Crippen LogP contribution is -3.12. The molecule has 6 heteroatoms. The number of benzene rings is 1. The second-order valence-corrected chi connectivity index (χ2v) is 7.61. The Morgan fingerprint density at radius 1 is 1.33 bits per heavy atom. The third kappa shape index (κ3) is 3.09. The molecule has 24 heavy (non-hydrogen) atoms. The van der Waals surface area contributed by atoms with Crippen molar-refractivity contribution in [2.45, 2.75) is 32.5 Å². The van der Waals surface area contributed by atoms with E-state index in [9.17, 15) is 0 Å². The zero-order valence-electron chi connectivity index (χ0n) is 13.6. The molecule has 1 unspecified atom stereocenters. The largest absolute Gasteiger partial charge is 0.413 e. The first-order chi connectivity index (χ1) is 11.7. The molecule has 1 aliphatic rings. The van der Waals surface area contributed by atoms with E-state index >= 15 is 0 Å². The number of hydrogen-bond acceptors (Lipinski definition) is 4. The zero-order chi connectivity index (χ0) is 16.5. The summed E-state index contributed by atoms with van der Waals surface area (Å²) in [6.45, 7) is 4.15. The average Bonchev–Trinajstić information content (AvgIpc) is 3.19. The minimum atomic E-state index is 0.469. The van der Waals surface area contributed by atoms with Gasteiger partial charge in [-0.15, -0.1) is 16.4 Å². The van der Waals surface area contributed by atoms with Crippen molar-refractivity contribution in [3.8, 4) is 0 Å². The molecule has 0 bridgehead atoms. The van der Waals surface area contributed by atoms with Gasteiger partial charge in [0.05, 0.1) is 13.0 Å². The fourth-order valence-corrected chi connectivity index (χ4v) is 4.53. The molecule has 0 spiro atoms. The highest BCUT2D eigenvalue weighted by atomic mass is 32.1. The van der Waals surface area contributed by atoms with Crippen LogP contribution in [-0.2, 0) is 19.5 Å². The Labute approximate surface area is 150 Å². The number of thiophene rings is 1. The summed E-state index contributed by atoms with van der Waals surface area (Å²) in [5, 5.41) is 6.80. The van der Waals surface area contributed by atoms with Crippen molar-refractivity contribution in [3.63, 3.8) is 0 Å². The summed E-state index contributed by atoms with van der Waals surface area (Å²) in [5.41, 5.74) is 2.66. The van der Waals surface area contributed by atoms with Crippen molar-refractivity contribution in [1.29, 1.82) is 0 Å². The molecule has 3 heterocycles. The molecule has 0 saturated carbocycles. The summed E-state index contributed by atoms with van der Waals surface area (Å²) in [6.07, 6.45) is 1.81. The molecule has 4 nitrogen and oxygen atoms in total. The van der Waals surface area contributed by atoms with Gasteiger partial charge in [0.15, 0.2) is 6.67 Å². The van der Waals surface area contributed by atoms with Crippen LogP contribution in [0.2, 0.25) is 0 Å². The standard InChI is InChI=1S/C18H19N3OS2/c1-13-15-8-10-24-16(15)7-9-20(13)12-21-18(23)22-17(19-21)11-14-5-3-2-4-6-14/h2-6,8,10,13H,7,9,11-12H2,1H3/p+1/t13-/m1/s1. The molecular formula is C18H20N3OS2+. The van der Waals surface area contributed by atoms with Crippen LogP contribution in [-0.4, -0.2) is 16.3 Å². The Bertz CT molecular complexity index is 881. The van der Waals surface area contributed by atoms with E-state index in [0.717, 1.165) is 19.6 Å². The summed E-state index contributed by atoms with van der Waals surface area (Å²) in [5.74, 6) is 0.687. The van der Waals surface area contributed by atoms with Gasteiger partial charge in [0.1, 0.15) is 6.04 Å². The smallest absolute Gasteiger partial charge is 0.291 e. The van der Waals surface area contributed by atoms with Gasteiger partial charge in [-0.3, -0.25) is 0 Å². The van der Waals surface area contributed by atoms with E-state index in [1.54, 1.807) is 0 Å². The maximum absolute atomic E-state index is 5.71. The summed E-state index contributed by atoms with van der Waals surface area (Å²) in [4.78, 5) is 3.48. The first kappa shape index (κ1) is 15.7. The summed E-state index contributed by atoms with van der Waals surface area (Å²) in [7, 11) is 0. The molecule has 0 saturated heterocycles. The average molecular weight is 359 g/mol. The second kappa shape index (κ2) is 6.63. The maximum Gasteiger partial charge on any atom is 0.291 e. The number of quaternary nitrogens is 1. The fraction of sp³-hybridized carbons (Fsp3) is 0.333. The molecular weight excluding hydrogens is 338 g/mol. The highest BCUT2D eigenvalue weighted by Crippen LogP contribution is 2.24. The van der Waals surface area contributed by atoms with Gasteiger partial charge >= 0.3 is 0 Å². The van der Waals surface area contributed by atoms with Crippen LogP contribution in [0.15, 0.2) is 46.2 Å². The van der Waals surface area contributed by atoms with E-state index in [4.69, 9.17) is 16.6 Å². The predicted molar refractivity (Wildman–Crippen MR) is 96.8 cm³/mol. The van der Waals surface area contributed by atoms with Crippen molar-refractivity contribution in [2.75, 3.05) is 6.54 Å². The molecule has 0 fully saturated rings. The maximum atomic E-state index is 5.71. The summed E-state index contributed by atoms with van der Waals surface area (Å²) in [6, 6.07) is 12.9. The van der Waals surface area contributed by atoms with E-state index in [-0.39, 0.29) is 0 Å². The van der Waals surface area contributed by atoms with Crippen molar-refractivity contribution in [3.05, 3.63) is 68.5 Å². The Morgan fingerprint density at radius 2 is 2.17 bits per heavy atom. The highest BCUT2D eigenvalue weighted by molar-refractivity contribution is 7.71. The molecule has 2 aromatic heterocycles. The van der Waals surface area contributed by atoms with Crippen molar-refractivity contribution < 1.29 is 9.32 Å². The van der Waals surface area contributed by atoms with Crippen LogP contribution in [0.1, 0.15) is 34.9 Å². The molecule has 2 atom stereocenters. The van der Waals surface area contributed by atoms with E-state index in [1.807, 2.05) is 34.2 Å². The number of nitrogens with zero attached hydrogens (tertiary/aromatic N) is 2. The van der Waals surface area contributed by atoms with Gasteiger partial charge in [-0.25, -0.2) is 0 Å². The lowest BCUT2D eigenvalue weighted by molar-refractivity contribution is -0.954. The van der Waals surface area contributed by atoms with Crippen molar-refractivity contribution in [2.24, 2.45) is 0 Å². The third-order valence-electron chi connectivity index (χ3n) is 4.73. The molecule has 3 aromatic rings. The van der Waals surface area contributed by atoms with Crippen LogP contribution in [0, 0.1) is 4.84 Å². The summed E-state index contributed by atoms with van der Waals surface area (Å²) < 4.78 is 7.55. The minimum Gasteiger partial charge on any atom is -0.413 e. The molecule has 124 valence electrons.